The number of nitrogens with zero attached hydrogens (tertiary/aromatic N) is 2. The minimum absolute atomic E-state index is 0.0768. The highest BCUT2D eigenvalue weighted by molar-refractivity contribution is 6.30. The number of carbonyl (C=O) groups excluding carboxylic acids is 2. The van der Waals surface area contributed by atoms with Crippen molar-refractivity contribution in [1.29, 1.82) is 0 Å². The Morgan fingerprint density at radius 2 is 1.96 bits per heavy atom. The van der Waals surface area contributed by atoms with Gasteiger partial charge in [-0.25, -0.2) is 4.98 Å². The second kappa shape index (κ2) is 6.22. The lowest BCUT2D eigenvalue weighted by Gasteiger charge is -2.16. The molecule has 0 saturated carbocycles. The maximum Gasteiger partial charge on any atom is 0.232 e. The minimum Gasteiger partial charge on any atom is -0.324 e. The van der Waals surface area contributed by atoms with Gasteiger partial charge in [0.05, 0.1) is 17.0 Å². The summed E-state index contributed by atoms with van der Waals surface area (Å²) in [7, 11) is 0. The van der Waals surface area contributed by atoms with Crippen LogP contribution in [0.3, 0.4) is 0 Å². The van der Waals surface area contributed by atoms with Gasteiger partial charge < -0.3 is 9.88 Å². The number of carbonyl (C=O) groups is 2. The molecule has 1 saturated heterocycles. The first kappa shape index (κ1) is 15.7. The van der Waals surface area contributed by atoms with Crippen LogP contribution in [-0.4, -0.2) is 28.3 Å². The Balaban J connectivity index is 1.47. The van der Waals surface area contributed by atoms with E-state index in [9.17, 15) is 9.59 Å². The Morgan fingerprint density at radius 3 is 2.72 bits per heavy atom. The summed E-state index contributed by atoms with van der Waals surface area (Å²) in [6, 6.07) is 14.5. The van der Waals surface area contributed by atoms with Crippen molar-refractivity contribution in [2.75, 3.05) is 16.8 Å². The molecule has 1 fully saturated rings. The summed E-state index contributed by atoms with van der Waals surface area (Å²) < 4.78 is 0. The SMILES string of the molecule is O=C(Nc1nc2ccccc2[nH]1)[C@H]1CC(=O)N(c2ccc(Cl)cc2)C1. The van der Waals surface area contributed by atoms with Crippen LogP contribution in [0.4, 0.5) is 11.6 Å². The van der Waals surface area contributed by atoms with Gasteiger partial charge >= 0.3 is 0 Å². The highest BCUT2D eigenvalue weighted by Crippen LogP contribution is 2.27. The van der Waals surface area contributed by atoms with Crippen molar-refractivity contribution in [3.63, 3.8) is 0 Å². The highest BCUT2D eigenvalue weighted by atomic mass is 35.5. The van der Waals surface area contributed by atoms with Crippen LogP contribution in [0.25, 0.3) is 11.0 Å². The number of hydrogen-bond acceptors (Lipinski definition) is 3. The molecular weight excluding hydrogens is 340 g/mol. The number of nitrogens with one attached hydrogen (secondary N) is 2. The van der Waals surface area contributed by atoms with Crippen LogP contribution in [0.1, 0.15) is 6.42 Å². The van der Waals surface area contributed by atoms with Crippen molar-refractivity contribution >= 4 is 46.1 Å². The normalized spacial score (nSPS) is 17.2. The van der Waals surface area contributed by atoms with E-state index in [-0.39, 0.29) is 18.2 Å². The molecule has 1 aliphatic rings. The molecule has 2 N–H and O–H groups in total. The summed E-state index contributed by atoms with van der Waals surface area (Å²) in [5.74, 6) is -0.323. The number of imidazole rings is 1. The molecule has 0 aliphatic carbocycles. The molecule has 2 amide bonds. The number of fused-ring (bicyclic) bond motifs is 1. The predicted molar refractivity (Wildman–Crippen MR) is 96.6 cm³/mol. The van der Waals surface area contributed by atoms with Gasteiger partial charge in [0.2, 0.25) is 17.8 Å². The van der Waals surface area contributed by atoms with E-state index in [2.05, 4.69) is 15.3 Å². The monoisotopic (exact) mass is 354 g/mol. The average Bonchev–Trinajstić information content (AvgIpc) is 3.18. The van der Waals surface area contributed by atoms with Crippen LogP contribution in [0.2, 0.25) is 5.02 Å². The highest BCUT2D eigenvalue weighted by Gasteiger charge is 2.35. The van der Waals surface area contributed by atoms with Gasteiger partial charge in [0, 0.05) is 23.7 Å². The number of H-pyrrole nitrogens is 1. The Labute approximate surface area is 148 Å². The number of halogens is 1. The molecule has 3 aromatic rings. The van der Waals surface area contributed by atoms with E-state index in [1.807, 2.05) is 24.3 Å². The van der Waals surface area contributed by atoms with E-state index >= 15 is 0 Å². The molecule has 6 nitrogen and oxygen atoms in total. The van der Waals surface area contributed by atoms with E-state index in [1.165, 1.54) is 0 Å². The Hall–Kier alpha value is -2.86. The van der Waals surface area contributed by atoms with Gasteiger partial charge in [-0.2, -0.15) is 0 Å². The number of hydrogen-bond donors (Lipinski definition) is 2. The molecule has 1 atom stereocenters. The molecule has 4 rings (SSSR count). The van der Waals surface area contributed by atoms with Crippen LogP contribution in [0.5, 0.6) is 0 Å². The van der Waals surface area contributed by atoms with Crippen molar-refractivity contribution in [1.82, 2.24) is 9.97 Å². The quantitative estimate of drug-likeness (QED) is 0.758. The van der Waals surface area contributed by atoms with E-state index < -0.39 is 5.92 Å². The zero-order valence-corrected chi connectivity index (χ0v) is 14.0. The minimum atomic E-state index is -0.420. The molecule has 0 unspecified atom stereocenters. The Bertz CT molecular complexity index is 918. The molecule has 126 valence electrons. The number of benzene rings is 2. The lowest BCUT2D eigenvalue weighted by molar-refractivity contribution is -0.122. The van der Waals surface area contributed by atoms with Crippen LogP contribution >= 0.6 is 11.6 Å². The first-order valence-electron chi connectivity index (χ1n) is 7.92. The van der Waals surface area contributed by atoms with Gasteiger partial charge in [0.25, 0.3) is 0 Å². The van der Waals surface area contributed by atoms with Gasteiger partial charge in [-0.3, -0.25) is 14.9 Å². The van der Waals surface area contributed by atoms with Gasteiger partial charge in [0.15, 0.2) is 0 Å². The molecule has 0 radical (unpaired) electrons. The third-order valence-corrected chi connectivity index (χ3v) is 4.52. The zero-order chi connectivity index (χ0) is 17.4. The van der Waals surface area contributed by atoms with Crippen LogP contribution < -0.4 is 10.2 Å². The molecule has 2 heterocycles. The third-order valence-electron chi connectivity index (χ3n) is 4.27. The summed E-state index contributed by atoms with van der Waals surface area (Å²) in [6.07, 6.45) is 0.175. The van der Waals surface area contributed by atoms with E-state index in [1.54, 1.807) is 29.2 Å². The van der Waals surface area contributed by atoms with Crippen molar-refractivity contribution in [3.05, 3.63) is 53.6 Å². The van der Waals surface area contributed by atoms with Crippen LogP contribution in [-0.2, 0) is 9.59 Å². The maximum absolute atomic E-state index is 12.5. The van der Waals surface area contributed by atoms with Crippen molar-refractivity contribution in [2.45, 2.75) is 6.42 Å². The zero-order valence-electron chi connectivity index (χ0n) is 13.2. The van der Waals surface area contributed by atoms with Crippen molar-refractivity contribution in [2.24, 2.45) is 5.92 Å². The van der Waals surface area contributed by atoms with Crippen LogP contribution in [0, 0.1) is 5.92 Å². The Morgan fingerprint density at radius 1 is 1.20 bits per heavy atom. The van der Waals surface area contributed by atoms with Gasteiger partial charge in [-0.1, -0.05) is 23.7 Å². The fraction of sp³-hybridized carbons (Fsp3) is 0.167. The van der Waals surface area contributed by atoms with E-state index in [0.717, 1.165) is 16.7 Å². The van der Waals surface area contributed by atoms with E-state index in [4.69, 9.17) is 11.6 Å². The summed E-state index contributed by atoms with van der Waals surface area (Å²) in [6.45, 7) is 0.340. The predicted octanol–water partition coefficient (Wildman–Crippen LogP) is 3.21. The molecule has 0 bridgehead atoms. The third kappa shape index (κ3) is 3.08. The number of amides is 2. The molecule has 1 aromatic heterocycles. The topological polar surface area (TPSA) is 78.1 Å². The first-order valence-corrected chi connectivity index (χ1v) is 8.29. The van der Waals surface area contributed by atoms with E-state index in [0.29, 0.717) is 17.5 Å². The number of para-hydroxylation sites is 2. The Kier molecular flexibility index (Phi) is 3.89. The lowest BCUT2D eigenvalue weighted by atomic mass is 10.1. The fourth-order valence-electron chi connectivity index (χ4n) is 2.98. The maximum atomic E-state index is 12.5. The number of aromatic amines is 1. The van der Waals surface area contributed by atoms with Gasteiger partial charge in [0.1, 0.15) is 0 Å². The van der Waals surface area contributed by atoms with Crippen molar-refractivity contribution < 1.29 is 9.59 Å². The summed E-state index contributed by atoms with van der Waals surface area (Å²) in [4.78, 5) is 33.7. The average molecular weight is 355 g/mol. The van der Waals surface area contributed by atoms with Gasteiger partial charge in [-0.05, 0) is 36.4 Å². The molecule has 0 spiro atoms. The molecular formula is C18H15ClN4O2. The standard InChI is InChI=1S/C18H15ClN4O2/c19-12-5-7-13(8-6-12)23-10-11(9-16(23)24)17(25)22-18-20-14-3-1-2-4-15(14)21-18/h1-8,11H,9-10H2,(H2,20,21,22,25)/t11-/m0/s1. The smallest absolute Gasteiger partial charge is 0.232 e. The molecule has 25 heavy (non-hydrogen) atoms. The summed E-state index contributed by atoms with van der Waals surface area (Å²) in [5.41, 5.74) is 2.37. The second-order valence-corrected chi connectivity index (χ2v) is 6.41. The number of anilines is 2. The number of rotatable bonds is 3. The summed E-state index contributed by atoms with van der Waals surface area (Å²) >= 11 is 5.88. The van der Waals surface area contributed by atoms with Gasteiger partial charge in [-0.15, -0.1) is 0 Å². The lowest BCUT2D eigenvalue weighted by Crippen LogP contribution is -2.28. The largest absolute Gasteiger partial charge is 0.324 e. The number of aromatic nitrogens is 2. The second-order valence-electron chi connectivity index (χ2n) is 5.97. The molecule has 2 aromatic carbocycles. The fourth-order valence-corrected chi connectivity index (χ4v) is 3.11. The molecule has 1 aliphatic heterocycles. The summed E-state index contributed by atoms with van der Waals surface area (Å²) in [5, 5.41) is 3.38. The van der Waals surface area contributed by atoms with Crippen LogP contribution in [0.15, 0.2) is 48.5 Å². The molecule has 7 heteroatoms. The first-order chi connectivity index (χ1) is 12.1. The van der Waals surface area contributed by atoms with Crippen molar-refractivity contribution in [3.8, 4) is 0 Å².